The molecule has 0 aromatic carbocycles. The molecule has 4 rings (SSSR count). The molecule has 2 saturated heterocycles. The Hall–Kier alpha value is -2.02. The van der Waals surface area contributed by atoms with Gasteiger partial charge in [-0.1, -0.05) is 17.7 Å². The van der Waals surface area contributed by atoms with E-state index in [4.69, 9.17) is 21.7 Å². The summed E-state index contributed by atoms with van der Waals surface area (Å²) in [5.41, 5.74) is -1.77. The van der Waals surface area contributed by atoms with E-state index in [-0.39, 0.29) is 21.9 Å². The quantitative estimate of drug-likeness (QED) is 0.558. The molecule has 0 radical (unpaired) electrons. The first-order valence-electron chi connectivity index (χ1n) is 9.10. The van der Waals surface area contributed by atoms with Gasteiger partial charge in [-0.25, -0.2) is 4.98 Å². The summed E-state index contributed by atoms with van der Waals surface area (Å²) in [6, 6.07) is 4.78. The minimum Gasteiger partial charge on any atom is -0.380 e. The second-order valence-corrected chi connectivity index (χ2v) is 9.80. The van der Waals surface area contributed by atoms with Gasteiger partial charge < -0.3 is 15.4 Å². The van der Waals surface area contributed by atoms with Crippen molar-refractivity contribution >= 4 is 52.6 Å². The van der Waals surface area contributed by atoms with E-state index in [0.717, 1.165) is 17.4 Å². The summed E-state index contributed by atoms with van der Waals surface area (Å²) in [7, 11) is 1.77. The van der Waals surface area contributed by atoms with Crippen LogP contribution in [0.2, 0.25) is 5.02 Å². The fourth-order valence-corrected chi connectivity index (χ4v) is 6.34. The molecule has 4 heterocycles. The van der Waals surface area contributed by atoms with E-state index in [1.54, 1.807) is 11.4 Å². The molecular formula is C18H17ClF3N5O2S2. The average molecular weight is 492 g/mol. The second-order valence-electron chi connectivity index (χ2n) is 7.01. The Morgan fingerprint density at radius 2 is 2.26 bits per heavy atom. The number of hydrogen-bond donors (Lipinski definition) is 3. The molecule has 0 spiro atoms. The van der Waals surface area contributed by atoms with Crippen LogP contribution in [0.1, 0.15) is 26.7 Å². The third-order valence-corrected chi connectivity index (χ3v) is 8.01. The van der Waals surface area contributed by atoms with Crippen LogP contribution in [0.15, 0.2) is 24.3 Å². The monoisotopic (exact) mass is 491 g/mol. The van der Waals surface area contributed by atoms with Gasteiger partial charge in [-0.2, -0.15) is 13.2 Å². The third-order valence-electron chi connectivity index (χ3n) is 5.00. The minimum absolute atomic E-state index is 0.0717. The summed E-state index contributed by atoms with van der Waals surface area (Å²) in [6.45, 7) is 0.907. The fourth-order valence-electron chi connectivity index (χ4n) is 3.47. The van der Waals surface area contributed by atoms with Crippen LogP contribution in [-0.2, 0) is 16.5 Å². The molecule has 0 bridgehead atoms. The van der Waals surface area contributed by atoms with Gasteiger partial charge in [-0.3, -0.25) is 14.5 Å². The number of aromatic nitrogens is 1. The number of nitrogens with one attached hydrogen (secondary N) is 3. The number of nitrogens with zero attached hydrogens (tertiary/aromatic N) is 2. The van der Waals surface area contributed by atoms with Crippen LogP contribution in [0.25, 0.3) is 0 Å². The van der Waals surface area contributed by atoms with Crippen molar-refractivity contribution < 1.29 is 22.7 Å². The molecule has 31 heavy (non-hydrogen) atoms. The first-order chi connectivity index (χ1) is 14.6. The fraction of sp³-hybridized carbons (Fsp3) is 0.389. The zero-order valence-corrected chi connectivity index (χ0v) is 18.4. The highest BCUT2D eigenvalue weighted by Gasteiger charge is 2.50. The van der Waals surface area contributed by atoms with Crippen molar-refractivity contribution in [3.05, 3.63) is 44.7 Å². The third kappa shape index (κ3) is 4.21. The lowest BCUT2D eigenvalue weighted by Crippen LogP contribution is -2.63. The number of hydrogen-bond acceptors (Lipinski definition) is 6. The maximum Gasteiger partial charge on any atom is 0.433 e. The van der Waals surface area contributed by atoms with Gasteiger partial charge in [0.2, 0.25) is 5.96 Å². The molecule has 2 aliphatic rings. The number of anilines is 1. The van der Waals surface area contributed by atoms with Crippen molar-refractivity contribution in [2.24, 2.45) is 0 Å². The van der Waals surface area contributed by atoms with Crippen LogP contribution in [0.5, 0.6) is 0 Å². The molecule has 1 amide bonds. The predicted molar refractivity (Wildman–Crippen MR) is 114 cm³/mol. The molecule has 3 N–H and O–H groups in total. The lowest BCUT2D eigenvalue weighted by molar-refractivity contribution is -0.141. The number of ether oxygens (including phenoxy) is 1. The van der Waals surface area contributed by atoms with Crippen LogP contribution >= 0.6 is 34.9 Å². The number of carbonyl (C=O) groups is 1. The lowest BCUT2D eigenvalue weighted by atomic mass is 9.87. The van der Waals surface area contributed by atoms with Crippen molar-refractivity contribution in [2.75, 3.05) is 25.6 Å². The maximum atomic E-state index is 12.9. The molecule has 0 aliphatic carbocycles. The van der Waals surface area contributed by atoms with E-state index in [1.165, 1.54) is 30.1 Å². The number of alkyl halides is 3. The summed E-state index contributed by atoms with van der Waals surface area (Å²) >= 11 is 9.10. The topological polar surface area (TPSA) is 90.3 Å². The molecule has 2 aliphatic heterocycles. The van der Waals surface area contributed by atoms with Gasteiger partial charge in [0.25, 0.3) is 5.91 Å². The standard InChI is InChI=1S/C18H17ClF3N5O2S2/c1-27-16(23)26-17(5-6-29-8-12(17)31-27)14-9(19)7-10(30-14)15(28)25-13-4-2-3-11(24-13)18(20,21)22/h2-4,7,12H,5-6,8H2,1H3,(H2,23,26)(H,24,25,28). The van der Waals surface area contributed by atoms with Crippen molar-refractivity contribution in [3.8, 4) is 0 Å². The minimum atomic E-state index is -4.61. The number of rotatable bonds is 3. The molecule has 7 nitrogen and oxygen atoms in total. The number of pyridine rings is 1. The molecular weight excluding hydrogens is 475 g/mol. The van der Waals surface area contributed by atoms with E-state index >= 15 is 0 Å². The van der Waals surface area contributed by atoms with Gasteiger partial charge in [0.15, 0.2) is 0 Å². The van der Waals surface area contributed by atoms with Crippen molar-refractivity contribution in [3.63, 3.8) is 0 Å². The van der Waals surface area contributed by atoms with E-state index in [9.17, 15) is 18.0 Å². The Balaban J connectivity index is 1.61. The van der Waals surface area contributed by atoms with Crippen molar-refractivity contribution in [1.29, 1.82) is 5.41 Å². The molecule has 166 valence electrons. The molecule has 2 fully saturated rings. The van der Waals surface area contributed by atoms with Gasteiger partial charge >= 0.3 is 6.18 Å². The maximum absolute atomic E-state index is 12.9. The van der Waals surface area contributed by atoms with Gasteiger partial charge in [0, 0.05) is 20.1 Å². The van der Waals surface area contributed by atoms with Gasteiger partial charge in [-0.15, -0.1) is 11.3 Å². The zero-order valence-electron chi connectivity index (χ0n) is 16.0. The van der Waals surface area contributed by atoms with E-state index in [2.05, 4.69) is 15.6 Å². The number of amides is 1. The van der Waals surface area contributed by atoms with Crippen molar-refractivity contribution in [1.82, 2.24) is 14.6 Å². The Morgan fingerprint density at radius 1 is 1.48 bits per heavy atom. The van der Waals surface area contributed by atoms with Crippen LogP contribution in [0.4, 0.5) is 19.0 Å². The second kappa shape index (κ2) is 8.15. The molecule has 2 aromatic rings. The average Bonchev–Trinajstić information content (AvgIpc) is 3.11. The highest BCUT2D eigenvalue weighted by Crippen LogP contribution is 2.48. The smallest absolute Gasteiger partial charge is 0.380 e. The largest absolute Gasteiger partial charge is 0.433 e. The summed E-state index contributed by atoms with van der Waals surface area (Å²) in [4.78, 5) is 17.1. The summed E-state index contributed by atoms with van der Waals surface area (Å²) < 4.78 is 45.9. The van der Waals surface area contributed by atoms with E-state index in [0.29, 0.717) is 29.5 Å². The summed E-state index contributed by atoms with van der Waals surface area (Å²) in [6.07, 6.45) is -4.06. The number of carbonyl (C=O) groups excluding carboxylic acids is 1. The highest BCUT2D eigenvalue weighted by atomic mass is 35.5. The van der Waals surface area contributed by atoms with E-state index < -0.39 is 23.3 Å². The number of guanidine groups is 1. The summed E-state index contributed by atoms with van der Waals surface area (Å²) in [5.74, 6) is -0.602. The van der Waals surface area contributed by atoms with E-state index in [1.807, 2.05) is 0 Å². The molecule has 0 saturated carbocycles. The molecule has 2 aromatic heterocycles. The van der Waals surface area contributed by atoms with Gasteiger partial charge in [0.1, 0.15) is 11.5 Å². The Labute approximate surface area is 188 Å². The highest BCUT2D eigenvalue weighted by molar-refractivity contribution is 7.98. The predicted octanol–water partition coefficient (Wildman–Crippen LogP) is 4.17. The zero-order chi connectivity index (χ0) is 22.4. The molecule has 2 unspecified atom stereocenters. The van der Waals surface area contributed by atoms with Crippen LogP contribution in [0.3, 0.4) is 0 Å². The lowest BCUT2D eigenvalue weighted by Gasteiger charge is -2.49. The Bertz CT molecular complexity index is 1030. The Morgan fingerprint density at radius 3 is 3.00 bits per heavy atom. The van der Waals surface area contributed by atoms with Gasteiger partial charge in [0.05, 0.1) is 32.2 Å². The van der Waals surface area contributed by atoms with Crippen molar-refractivity contribution in [2.45, 2.75) is 23.4 Å². The molecule has 2 atom stereocenters. The number of fused-ring (bicyclic) bond motifs is 1. The van der Waals surface area contributed by atoms with Crippen LogP contribution in [0, 0.1) is 5.41 Å². The Kier molecular flexibility index (Phi) is 5.83. The SMILES string of the molecule is CN1SC2COCCC2(c2sc(C(=O)Nc3cccc(C(F)(F)F)n3)cc2Cl)NC1=N. The summed E-state index contributed by atoms with van der Waals surface area (Å²) in [5, 5.41) is 14.1. The first-order valence-corrected chi connectivity index (χ1v) is 11.1. The van der Waals surface area contributed by atoms with Crippen LogP contribution < -0.4 is 10.6 Å². The number of thiophene rings is 1. The number of halogens is 4. The molecule has 13 heteroatoms. The van der Waals surface area contributed by atoms with Crippen LogP contribution in [-0.4, -0.2) is 46.7 Å². The first kappa shape index (κ1) is 22.2. The van der Waals surface area contributed by atoms with Gasteiger partial charge in [-0.05, 0) is 30.1 Å². The normalized spacial score (nSPS) is 23.8.